The summed E-state index contributed by atoms with van der Waals surface area (Å²) in [5.41, 5.74) is 3.11. The smallest absolute Gasteiger partial charge is 0.299 e. The van der Waals surface area contributed by atoms with Crippen LogP contribution in [0.1, 0.15) is 11.1 Å². The molecule has 0 aliphatic heterocycles. The van der Waals surface area contributed by atoms with Gasteiger partial charge in [-0.15, -0.1) is 5.11 Å². The second-order valence-corrected chi connectivity index (χ2v) is 9.24. The molecule has 1 amide bonds. The van der Waals surface area contributed by atoms with Crippen molar-refractivity contribution in [2.75, 3.05) is 5.32 Å². The van der Waals surface area contributed by atoms with Gasteiger partial charge in [-0.2, -0.15) is 8.42 Å². The van der Waals surface area contributed by atoms with Crippen LogP contribution >= 0.6 is 0 Å². The number of hydrogen-bond donors (Lipinski definition) is 2. The lowest BCUT2D eigenvalue weighted by molar-refractivity contribution is -0.116. The maximum Gasteiger partial charge on any atom is 0.299 e. The van der Waals surface area contributed by atoms with Crippen LogP contribution in [-0.4, -0.2) is 24.0 Å². The van der Waals surface area contributed by atoms with Gasteiger partial charge in [0.15, 0.2) is 5.69 Å². The van der Waals surface area contributed by atoms with Crippen LogP contribution in [0.4, 0.5) is 11.4 Å². The van der Waals surface area contributed by atoms with Crippen molar-refractivity contribution in [3.8, 4) is 5.88 Å². The lowest BCUT2D eigenvalue weighted by atomic mass is 10.2. The first-order valence-corrected chi connectivity index (χ1v) is 11.6. The summed E-state index contributed by atoms with van der Waals surface area (Å²) >= 11 is 0. The molecule has 0 spiro atoms. The highest BCUT2D eigenvalue weighted by Gasteiger charge is 2.20. The lowest BCUT2D eigenvalue weighted by Crippen LogP contribution is -2.18. The summed E-state index contributed by atoms with van der Waals surface area (Å²) in [6.45, 7) is 3.60. The van der Waals surface area contributed by atoms with Crippen molar-refractivity contribution in [3.63, 3.8) is 0 Å². The van der Waals surface area contributed by atoms with E-state index in [1.165, 1.54) is 16.7 Å². The van der Waals surface area contributed by atoms with Crippen LogP contribution in [0, 0.1) is 13.8 Å². The average Bonchev–Trinajstić information content (AvgIpc) is 3.05. The normalized spacial score (nSPS) is 11.8. The Morgan fingerprint density at radius 1 is 0.939 bits per heavy atom. The van der Waals surface area contributed by atoms with E-state index in [2.05, 4.69) is 15.0 Å². The van der Waals surface area contributed by atoms with Gasteiger partial charge in [0, 0.05) is 11.1 Å². The van der Waals surface area contributed by atoms with E-state index in [1.807, 2.05) is 26.0 Å². The minimum atomic E-state index is -4.06. The summed E-state index contributed by atoms with van der Waals surface area (Å²) in [5, 5.41) is 17.9. The molecular weight excluding hydrogens is 440 g/mol. The number of aryl methyl sites for hydroxylation is 2. The number of amides is 1. The van der Waals surface area contributed by atoms with Crippen molar-refractivity contribution in [2.24, 2.45) is 9.63 Å². The lowest BCUT2D eigenvalue weighted by Gasteiger charge is -2.08. The number of anilines is 1. The zero-order chi connectivity index (χ0) is 23.6. The van der Waals surface area contributed by atoms with Crippen LogP contribution in [0.25, 0.3) is 10.9 Å². The maximum atomic E-state index is 12.6. The Morgan fingerprint density at radius 2 is 1.55 bits per heavy atom. The molecule has 168 valence electrons. The molecule has 9 heteroatoms. The highest BCUT2D eigenvalue weighted by Crippen LogP contribution is 2.39. The second kappa shape index (κ2) is 8.87. The zero-order valence-corrected chi connectivity index (χ0v) is 18.9. The summed E-state index contributed by atoms with van der Waals surface area (Å²) in [7, 11) is -4.06. The number of aromatic hydroxyl groups is 1. The van der Waals surface area contributed by atoms with Gasteiger partial charge in [-0.25, -0.2) is 0 Å². The van der Waals surface area contributed by atoms with Gasteiger partial charge in [-0.3, -0.25) is 4.79 Å². The fourth-order valence-electron chi connectivity index (χ4n) is 3.36. The van der Waals surface area contributed by atoms with Crippen LogP contribution in [0.3, 0.4) is 0 Å². The number of nitrogens with zero attached hydrogens (tertiary/aromatic N) is 3. The maximum absolute atomic E-state index is 12.6. The molecule has 4 aromatic rings. The van der Waals surface area contributed by atoms with E-state index in [0.29, 0.717) is 16.6 Å². The molecule has 0 aliphatic carbocycles. The van der Waals surface area contributed by atoms with Gasteiger partial charge in [0.05, 0.1) is 10.4 Å². The Morgan fingerprint density at radius 3 is 2.21 bits per heavy atom. The van der Waals surface area contributed by atoms with E-state index >= 15 is 0 Å². The number of carbonyl (C=O) groups is 1. The van der Waals surface area contributed by atoms with Crippen molar-refractivity contribution >= 4 is 38.2 Å². The van der Waals surface area contributed by atoms with Gasteiger partial charge in [-0.1, -0.05) is 58.1 Å². The Kier molecular flexibility index (Phi) is 5.97. The van der Waals surface area contributed by atoms with Crippen molar-refractivity contribution in [3.05, 3.63) is 83.9 Å². The highest BCUT2D eigenvalue weighted by molar-refractivity contribution is 7.90. The van der Waals surface area contributed by atoms with Crippen LogP contribution < -0.4 is 5.32 Å². The Balaban J connectivity index is 1.65. The minimum absolute atomic E-state index is 0.00227. The van der Waals surface area contributed by atoms with Crippen molar-refractivity contribution in [1.29, 1.82) is 0 Å². The van der Waals surface area contributed by atoms with Crippen molar-refractivity contribution in [2.45, 2.75) is 25.3 Å². The van der Waals surface area contributed by atoms with Crippen molar-refractivity contribution < 1.29 is 18.3 Å². The zero-order valence-electron chi connectivity index (χ0n) is 18.1. The third-order valence-corrected chi connectivity index (χ3v) is 6.29. The number of benzene rings is 3. The minimum Gasteiger partial charge on any atom is -0.493 e. The van der Waals surface area contributed by atoms with Gasteiger partial charge in [0.25, 0.3) is 10.0 Å². The highest BCUT2D eigenvalue weighted by atomic mass is 32.2. The SMILES string of the molecule is Cc1ccc(NC(=O)Cn2c(O)c(N=NS(=O)(=O)c3ccc(C)cc3)c3ccccc32)cc1. The monoisotopic (exact) mass is 462 g/mol. The largest absolute Gasteiger partial charge is 0.493 e. The molecule has 8 nitrogen and oxygen atoms in total. The molecule has 0 fully saturated rings. The number of aromatic nitrogens is 1. The average molecular weight is 463 g/mol. The topological polar surface area (TPSA) is 113 Å². The summed E-state index contributed by atoms with van der Waals surface area (Å²) in [6.07, 6.45) is 0. The standard InChI is InChI=1S/C24H22N4O4S/c1-16-7-11-18(12-8-16)25-22(29)15-28-21-6-4-3-5-20(21)23(24(28)30)26-27-33(31,32)19-13-9-17(2)10-14-19/h3-14,30H,15H2,1-2H3,(H,25,29). The molecule has 33 heavy (non-hydrogen) atoms. The summed E-state index contributed by atoms with van der Waals surface area (Å²) in [5.74, 6) is -0.705. The summed E-state index contributed by atoms with van der Waals surface area (Å²) in [4.78, 5) is 12.6. The van der Waals surface area contributed by atoms with Gasteiger partial charge in [0.2, 0.25) is 11.8 Å². The van der Waals surface area contributed by atoms with Gasteiger partial charge >= 0.3 is 0 Å². The number of fused-ring (bicyclic) bond motifs is 1. The Labute approximate surface area is 191 Å². The molecule has 0 saturated carbocycles. The first kappa shape index (κ1) is 22.2. The van der Waals surface area contributed by atoms with Gasteiger partial charge in [-0.05, 0) is 44.2 Å². The fraction of sp³-hybridized carbons (Fsp3) is 0.125. The van der Waals surface area contributed by atoms with Gasteiger partial charge < -0.3 is 15.0 Å². The third kappa shape index (κ3) is 4.78. The first-order valence-electron chi connectivity index (χ1n) is 10.2. The van der Waals surface area contributed by atoms with E-state index in [1.54, 1.807) is 48.5 Å². The molecule has 2 N–H and O–H groups in total. The molecule has 0 saturated heterocycles. The van der Waals surface area contributed by atoms with E-state index in [9.17, 15) is 18.3 Å². The van der Waals surface area contributed by atoms with Gasteiger partial charge in [0.1, 0.15) is 6.54 Å². The molecule has 3 aromatic carbocycles. The first-order chi connectivity index (χ1) is 15.7. The van der Waals surface area contributed by atoms with Crippen LogP contribution in [-0.2, 0) is 21.4 Å². The number of rotatable bonds is 6. The van der Waals surface area contributed by atoms with E-state index < -0.39 is 10.0 Å². The molecule has 0 aliphatic rings. The number of carbonyl (C=O) groups excluding carboxylic acids is 1. The number of para-hydroxylation sites is 1. The molecule has 4 rings (SSSR count). The second-order valence-electron chi connectivity index (χ2n) is 7.66. The van der Waals surface area contributed by atoms with E-state index in [4.69, 9.17) is 0 Å². The van der Waals surface area contributed by atoms with Crippen LogP contribution in [0.2, 0.25) is 0 Å². The van der Waals surface area contributed by atoms with E-state index in [0.717, 1.165) is 11.1 Å². The summed E-state index contributed by atoms with van der Waals surface area (Å²) in [6, 6.07) is 20.4. The third-order valence-electron chi connectivity index (χ3n) is 5.12. The van der Waals surface area contributed by atoms with Crippen LogP contribution in [0.5, 0.6) is 5.88 Å². The summed E-state index contributed by atoms with van der Waals surface area (Å²) < 4.78 is 30.0. The Hall–Kier alpha value is -3.98. The molecular formula is C24H22N4O4S. The van der Waals surface area contributed by atoms with E-state index in [-0.39, 0.29) is 28.9 Å². The number of nitrogens with one attached hydrogen (secondary N) is 1. The van der Waals surface area contributed by atoms with Crippen molar-refractivity contribution in [1.82, 2.24) is 4.57 Å². The predicted octanol–water partition coefficient (Wildman–Crippen LogP) is 5.08. The molecule has 1 heterocycles. The molecule has 0 unspecified atom stereocenters. The predicted molar refractivity (Wildman–Crippen MR) is 126 cm³/mol. The Bertz CT molecular complexity index is 1460. The number of hydrogen-bond acceptors (Lipinski definition) is 5. The van der Waals surface area contributed by atoms with Crippen LogP contribution in [0.15, 0.2) is 87.3 Å². The quantitative estimate of drug-likeness (QED) is 0.389. The molecule has 0 atom stereocenters. The molecule has 1 aromatic heterocycles. The fourth-order valence-corrected chi connectivity index (χ4v) is 4.13. The number of sulfonamides is 1. The molecule has 0 radical (unpaired) electrons. The molecule has 0 bridgehead atoms.